The summed E-state index contributed by atoms with van der Waals surface area (Å²) in [4.78, 5) is 6.67. The highest BCUT2D eigenvalue weighted by atomic mass is 35.5. The van der Waals surface area contributed by atoms with Crippen LogP contribution >= 0.6 is 23.2 Å². The fourth-order valence-corrected chi connectivity index (χ4v) is 3.94. The molecule has 2 aromatic carbocycles. The SMILES string of the molecule is Clc1cccc(C(c2ccc3cnccc3c2)N2CCNCC2)c1Cl. The van der Waals surface area contributed by atoms with Crippen molar-refractivity contribution in [3.8, 4) is 0 Å². The first-order valence-electron chi connectivity index (χ1n) is 8.46. The van der Waals surface area contributed by atoms with Crippen molar-refractivity contribution >= 4 is 34.0 Å². The van der Waals surface area contributed by atoms with Gasteiger partial charge in [0.25, 0.3) is 0 Å². The van der Waals surface area contributed by atoms with Crippen LogP contribution in [0.3, 0.4) is 0 Å². The summed E-state index contributed by atoms with van der Waals surface area (Å²) in [5, 5.41) is 6.99. The summed E-state index contributed by atoms with van der Waals surface area (Å²) in [6, 6.07) is 14.6. The van der Waals surface area contributed by atoms with Gasteiger partial charge in [0.15, 0.2) is 0 Å². The van der Waals surface area contributed by atoms with Gasteiger partial charge in [-0.15, -0.1) is 0 Å². The number of halogens is 2. The largest absolute Gasteiger partial charge is 0.314 e. The van der Waals surface area contributed by atoms with E-state index in [2.05, 4.69) is 39.5 Å². The molecule has 1 aliphatic rings. The highest BCUT2D eigenvalue weighted by Gasteiger charge is 2.26. The molecule has 1 aromatic heterocycles. The van der Waals surface area contributed by atoms with Crippen molar-refractivity contribution in [2.45, 2.75) is 6.04 Å². The van der Waals surface area contributed by atoms with Gasteiger partial charge >= 0.3 is 0 Å². The Morgan fingerprint density at radius 3 is 2.68 bits per heavy atom. The first kappa shape index (κ1) is 16.8. The number of benzene rings is 2. The number of pyridine rings is 1. The highest BCUT2D eigenvalue weighted by Crippen LogP contribution is 2.37. The summed E-state index contributed by atoms with van der Waals surface area (Å²) in [6.45, 7) is 3.90. The molecule has 0 amide bonds. The number of rotatable bonds is 3. The van der Waals surface area contributed by atoms with Gasteiger partial charge in [0.1, 0.15) is 0 Å². The van der Waals surface area contributed by atoms with E-state index < -0.39 is 0 Å². The minimum Gasteiger partial charge on any atom is -0.314 e. The summed E-state index contributed by atoms with van der Waals surface area (Å²) in [5.74, 6) is 0. The van der Waals surface area contributed by atoms with Crippen LogP contribution in [0.2, 0.25) is 10.0 Å². The van der Waals surface area contributed by atoms with Gasteiger partial charge in [-0.2, -0.15) is 0 Å². The third kappa shape index (κ3) is 3.38. The molecule has 1 saturated heterocycles. The molecule has 4 rings (SSSR count). The van der Waals surface area contributed by atoms with Crippen LogP contribution in [0.1, 0.15) is 17.2 Å². The molecule has 0 saturated carbocycles. The second kappa shape index (κ2) is 7.30. The Labute approximate surface area is 157 Å². The molecule has 25 heavy (non-hydrogen) atoms. The Morgan fingerprint density at radius 2 is 1.84 bits per heavy atom. The smallest absolute Gasteiger partial charge is 0.0643 e. The van der Waals surface area contributed by atoms with E-state index in [9.17, 15) is 0 Å². The maximum atomic E-state index is 6.59. The molecular formula is C20H19Cl2N3. The summed E-state index contributed by atoms with van der Waals surface area (Å²) in [6.07, 6.45) is 3.73. The molecule has 2 heterocycles. The van der Waals surface area contributed by atoms with Crippen LogP contribution in [-0.2, 0) is 0 Å². The molecule has 1 fully saturated rings. The molecule has 128 valence electrons. The van der Waals surface area contributed by atoms with E-state index in [4.69, 9.17) is 23.2 Å². The predicted molar refractivity (Wildman–Crippen MR) is 104 cm³/mol. The van der Waals surface area contributed by atoms with Gasteiger partial charge < -0.3 is 5.32 Å². The normalized spacial score (nSPS) is 16.9. The first-order chi connectivity index (χ1) is 12.2. The molecule has 1 atom stereocenters. The van der Waals surface area contributed by atoms with Crippen molar-refractivity contribution in [1.29, 1.82) is 0 Å². The van der Waals surface area contributed by atoms with Crippen molar-refractivity contribution in [3.63, 3.8) is 0 Å². The lowest BCUT2D eigenvalue weighted by atomic mass is 9.94. The summed E-state index contributed by atoms with van der Waals surface area (Å²) in [5.41, 5.74) is 2.29. The maximum absolute atomic E-state index is 6.59. The molecule has 1 unspecified atom stereocenters. The van der Waals surface area contributed by atoms with Gasteiger partial charge in [0.05, 0.1) is 16.1 Å². The molecule has 0 radical (unpaired) electrons. The average Bonchev–Trinajstić information content (AvgIpc) is 2.66. The molecule has 0 spiro atoms. The Hall–Kier alpha value is -1.65. The van der Waals surface area contributed by atoms with E-state index in [1.807, 2.05) is 30.6 Å². The summed E-state index contributed by atoms with van der Waals surface area (Å²) >= 11 is 12.9. The van der Waals surface area contributed by atoms with E-state index in [0.29, 0.717) is 10.0 Å². The molecule has 0 aliphatic carbocycles. The van der Waals surface area contributed by atoms with Crippen LogP contribution in [0.4, 0.5) is 0 Å². The standard InChI is InChI=1S/C20H19Cl2N3/c21-18-3-1-2-17(19(18)22)20(25-10-8-23-9-11-25)15-4-5-16-13-24-7-6-14(16)12-15/h1-7,12-13,20,23H,8-11H2. The van der Waals surface area contributed by atoms with Gasteiger partial charge in [-0.05, 0) is 34.7 Å². The minimum absolute atomic E-state index is 0.0888. The molecule has 5 heteroatoms. The average molecular weight is 372 g/mol. The molecule has 1 N–H and O–H groups in total. The lowest BCUT2D eigenvalue weighted by molar-refractivity contribution is 0.198. The van der Waals surface area contributed by atoms with Crippen LogP contribution in [0.25, 0.3) is 10.8 Å². The number of hydrogen-bond donors (Lipinski definition) is 1. The van der Waals surface area contributed by atoms with Gasteiger partial charge in [-0.1, -0.05) is 47.5 Å². The van der Waals surface area contributed by atoms with Gasteiger partial charge in [-0.3, -0.25) is 9.88 Å². The molecule has 3 aromatic rings. The summed E-state index contributed by atoms with van der Waals surface area (Å²) < 4.78 is 0. The van der Waals surface area contributed by atoms with Crippen molar-refractivity contribution in [2.24, 2.45) is 0 Å². The van der Waals surface area contributed by atoms with E-state index in [1.165, 1.54) is 10.9 Å². The van der Waals surface area contributed by atoms with Gasteiger partial charge in [-0.25, -0.2) is 0 Å². The number of nitrogens with one attached hydrogen (secondary N) is 1. The Kier molecular flexibility index (Phi) is 4.91. The lowest BCUT2D eigenvalue weighted by Crippen LogP contribution is -2.45. The highest BCUT2D eigenvalue weighted by molar-refractivity contribution is 6.42. The zero-order valence-electron chi connectivity index (χ0n) is 13.8. The zero-order chi connectivity index (χ0) is 17.2. The third-order valence-corrected chi connectivity index (χ3v) is 5.61. The Balaban J connectivity index is 1.85. The van der Waals surface area contributed by atoms with E-state index in [1.54, 1.807) is 0 Å². The van der Waals surface area contributed by atoms with Crippen LogP contribution in [-0.4, -0.2) is 36.1 Å². The van der Waals surface area contributed by atoms with E-state index in [0.717, 1.165) is 37.1 Å². The Bertz CT molecular complexity index is 891. The molecule has 0 bridgehead atoms. The van der Waals surface area contributed by atoms with Crippen LogP contribution in [0.15, 0.2) is 54.9 Å². The van der Waals surface area contributed by atoms with Crippen molar-refractivity contribution in [2.75, 3.05) is 26.2 Å². The van der Waals surface area contributed by atoms with Crippen molar-refractivity contribution < 1.29 is 0 Å². The zero-order valence-corrected chi connectivity index (χ0v) is 15.3. The van der Waals surface area contributed by atoms with Crippen molar-refractivity contribution in [1.82, 2.24) is 15.2 Å². The quantitative estimate of drug-likeness (QED) is 0.732. The number of fused-ring (bicyclic) bond motifs is 1. The molecule has 3 nitrogen and oxygen atoms in total. The third-order valence-electron chi connectivity index (χ3n) is 4.77. The topological polar surface area (TPSA) is 28.2 Å². The van der Waals surface area contributed by atoms with Crippen LogP contribution < -0.4 is 5.32 Å². The monoisotopic (exact) mass is 371 g/mol. The fourth-order valence-electron chi connectivity index (χ4n) is 3.53. The Morgan fingerprint density at radius 1 is 1.00 bits per heavy atom. The number of piperazine rings is 1. The first-order valence-corrected chi connectivity index (χ1v) is 9.22. The van der Waals surface area contributed by atoms with Gasteiger partial charge in [0, 0.05) is 44.0 Å². The number of aromatic nitrogens is 1. The fraction of sp³-hybridized carbons (Fsp3) is 0.250. The van der Waals surface area contributed by atoms with E-state index >= 15 is 0 Å². The predicted octanol–water partition coefficient (Wildman–Crippen LogP) is 4.54. The van der Waals surface area contributed by atoms with Gasteiger partial charge in [0.2, 0.25) is 0 Å². The number of hydrogen-bond acceptors (Lipinski definition) is 3. The van der Waals surface area contributed by atoms with Crippen LogP contribution in [0, 0.1) is 0 Å². The van der Waals surface area contributed by atoms with Crippen LogP contribution in [0.5, 0.6) is 0 Å². The maximum Gasteiger partial charge on any atom is 0.0643 e. The number of nitrogens with zero attached hydrogens (tertiary/aromatic N) is 2. The van der Waals surface area contributed by atoms with Crippen molar-refractivity contribution in [3.05, 3.63) is 76.0 Å². The lowest BCUT2D eigenvalue weighted by Gasteiger charge is -2.36. The summed E-state index contributed by atoms with van der Waals surface area (Å²) in [7, 11) is 0. The van der Waals surface area contributed by atoms with E-state index in [-0.39, 0.29) is 6.04 Å². The second-order valence-corrected chi connectivity index (χ2v) is 7.10. The second-order valence-electron chi connectivity index (χ2n) is 6.31. The molecule has 1 aliphatic heterocycles. The molecular weight excluding hydrogens is 353 g/mol. The minimum atomic E-state index is 0.0888.